The highest BCUT2D eigenvalue weighted by Gasteiger charge is 2.11. The molecule has 2 heterocycles. The SMILES string of the molecule is Cn1ccc(=O)n(CCN2CCCCC2)c1=O. The Bertz CT molecular complexity index is 483. The summed E-state index contributed by atoms with van der Waals surface area (Å²) in [6.07, 6.45) is 5.26. The monoisotopic (exact) mass is 237 g/mol. The van der Waals surface area contributed by atoms with Crippen LogP contribution in [0.2, 0.25) is 0 Å². The van der Waals surface area contributed by atoms with Crippen molar-refractivity contribution in [1.82, 2.24) is 14.0 Å². The van der Waals surface area contributed by atoms with E-state index in [9.17, 15) is 9.59 Å². The highest BCUT2D eigenvalue weighted by atomic mass is 16.2. The van der Waals surface area contributed by atoms with Crippen molar-refractivity contribution in [3.05, 3.63) is 33.1 Å². The molecule has 1 aliphatic heterocycles. The van der Waals surface area contributed by atoms with Gasteiger partial charge in [-0.3, -0.25) is 9.36 Å². The van der Waals surface area contributed by atoms with Gasteiger partial charge in [0, 0.05) is 32.4 Å². The van der Waals surface area contributed by atoms with Gasteiger partial charge in [-0.05, 0) is 25.9 Å². The van der Waals surface area contributed by atoms with Gasteiger partial charge >= 0.3 is 5.69 Å². The third-order valence-corrected chi connectivity index (χ3v) is 3.33. The van der Waals surface area contributed by atoms with E-state index >= 15 is 0 Å². The summed E-state index contributed by atoms with van der Waals surface area (Å²) < 4.78 is 2.76. The summed E-state index contributed by atoms with van der Waals surface area (Å²) in [7, 11) is 1.67. The summed E-state index contributed by atoms with van der Waals surface area (Å²) >= 11 is 0. The van der Waals surface area contributed by atoms with Gasteiger partial charge in [0.15, 0.2) is 0 Å². The summed E-state index contributed by atoms with van der Waals surface area (Å²) in [6.45, 7) is 3.45. The lowest BCUT2D eigenvalue weighted by atomic mass is 10.1. The van der Waals surface area contributed by atoms with E-state index < -0.39 is 0 Å². The predicted octanol–water partition coefficient (Wildman–Crippen LogP) is 0.0329. The van der Waals surface area contributed by atoms with Gasteiger partial charge in [-0.1, -0.05) is 6.42 Å². The number of nitrogens with zero attached hydrogens (tertiary/aromatic N) is 3. The molecule has 0 N–H and O–H groups in total. The second-order valence-electron chi connectivity index (χ2n) is 4.60. The van der Waals surface area contributed by atoms with Crippen LogP contribution in [-0.2, 0) is 13.6 Å². The van der Waals surface area contributed by atoms with Crippen LogP contribution >= 0.6 is 0 Å². The van der Waals surface area contributed by atoms with Crippen LogP contribution in [-0.4, -0.2) is 33.7 Å². The summed E-state index contributed by atoms with van der Waals surface area (Å²) in [5.74, 6) is 0. The standard InChI is InChI=1S/C12H19N3O2/c1-13-8-5-11(16)15(12(13)17)10-9-14-6-3-2-4-7-14/h5,8H,2-4,6-7,9-10H2,1H3. The van der Waals surface area contributed by atoms with E-state index in [1.165, 1.54) is 40.7 Å². The first-order chi connectivity index (χ1) is 8.18. The normalized spacial score (nSPS) is 17.2. The maximum absolute atomic E-state index is 11.8. The lowest BCUT2D eigenvalue weighted by molar-refractivity contribution is 0.218. The Hall–Kier alpha value is -1.36. The van der Waals surface area contributed by atoms with Crippen molar-refractivity contribution in [2.24, 2.45) is 7.05 Å². The Balaban J connectivity index is 2.06. The number of likely N-dealkylation sites (tertiary alicyclic amines) is 1. The molecule has 5 heteroatoms. The van der Waals surface area contributed by atoms with Gasteiger partial charge in [0.2, 0.25) is 0 Å². The lowest BCUT2D eigenvalue weighted by Crippen LogP contribution is -2.42. The topological polar surface area (TPSA) is 47.2 Å². The number of aryl methyl sites for hydroxylation is 1. The molecule has 1 aromatic heterocycles. The molecule has 0 saturated carbocycles. The van der Waals surface area contributed by atoms with Crippen LogP contribution < -0.4 is 11.2 Å². The van der Waals surface area contributed by atoms with Crippen LogP contribution in [0.4, 0.5) is 0 Å². The highest BCUT2D eigenvalue weighted by molar-refractivity contribution is 4.85. The Morgan fingerprint density at radius 2 is 1.82 bits per heavy atom. The van der Waals surface area contributed by atoms with E-state index in [1.54, 1.807) is 7.05 Å². The minimum atomic E-state index is -0.227. The van der Waals surface area contributed by atoms with E-state index in [2.05, 4.69) is 4.90 Å². The molecule has 1 fully saturated rings. The molecule has 0 bridgehead atoms. The molecular formula is C12H19N3O2. The van der Waals surface area contributed by atoms with Crippen LogP contribution in [0.1, 0.15) is 19.3 Å². The fraction of sp³-hybridized carbons (Fsp3) is 0.667. The summed E-state index contributed by atoms with van der Waals surface area (Å²) in [5.41, 5.74) is -0.431. The van der Waals surface area contributed by atoms with Crippen LogP contribution in [0, 0.1) is 0 Å². The van der Waals surface area contributed by atoms with Gasteiger partial charge < -0.3 is 9.47 Å². The summed E-state index contributed by atoms with van der Waals surface area (Å²) in [5, 5.41) is 0. The molecule has 94 valence electrons. The fourth-order valence-electron chi connectivity index (χ4n) is 2.24. The zero-order valence-electron chi connectivity index (χ0n) is 10.3. The van der Waals surface area contributed by atoms with Gasteiger partial charge in [0.1, 0.15) is 0 Å². The molecule has 0 spiro atoms. The molecule has 0 aromatic carbocycles. The first kappa shape index (κ1) is 12.1. The van der Waals surface area contributed by atoms with Crippen molar-refractivity contribution in [2.45, 2.75) is 25.8 Å². The van der Waals surface area contributed by atoms with Gasteiger partial charge in [-0.2, -0.15) is 0 Å². The van der Waals surface area contributed by atoms with Crippen molar-refractivity contribution in [3.8, 4) is 0 Å². The van der Waals surface area contributed by atoms with Gasteiger partial charge in [0.05, 0.1) is 0 Å². The number of hydrogen-bond donors (Lipinski definition) is 0. The molecule has 1 aliphatic rings. The van der Waals surface area contributed by atoms with Crippen LogP contribution in [0.15, 0.2) is 21.9 Å². The average molecular weight is 237 g/mol. The van der Waals surface area contributed by atoms with Crippen molar-refractivity contribution in [1.29, 1.82) is 0 Å². The van der Waals surface area contributed by atoms with Crippen molar-refractivity contribution in [2.75, 3.05) is 19.6 Å². The first-order valence-electron chi connectivity index (χ1n) is 6.17. The van der Waals surface area contributed by atoms with Gasteiger partial charge in [-0.25, -0.2) is 4.79 Å². The summed E-state index contributed by atoms with van der Waals surface area (Å²) in [4.78, 5) is 25.7. The molecule has 5 nitrogen and oxygen atoms in total. The zero-order valence-corrected chi connectivity index (χ0v) is 10.3. The van der Waals surface area contributed by atoms with E-state index in [4.69, 9.17) is 0 Å². The number of aromatic nitrogens is 2. The van der Waals surface area contributed by atoms with E-state index in [0.717, 1.165) is 19.6 Å². The molecule has 1 aromatic rings. The lowest BCUT2D eigenvalue weighted by Gasteiger charge is -2.26. The van der Waals surface area contributed by atoms with Crippen molar-refractivity contribution < 1.29 is 0 Å². The Kier molecular flexibility index (Phi) is 3.78. The van der Waals surface area contributed by atoms with Crippen LogP contribution in [0.3, 0.4) is 0 Å². The third-order valence-electron chi connectivity index (χ3n) is 3.33. The van der Waals surface area contributed by atoms with Crippen LogP contribution in [0.5, 0.6) is 0 Å². The molecule has 0 aliphatic carbocycles. The molecule has 2 rings (SSSR count). The maximum Gasteiger partial charge on any atom is 0.330 e. The van der Waals surface area contributed by atoms with Crippen molar-refractivity contribution in [3.63, 3.8) is 0 Å². The average Bonchev–Trinajstić information content (AvgIpc) is 2.35. The largest absolute Gasteiger partial charge is 0.330 e. The number of rotatable bonds is 3. The second kappa shape index (κ2) is 5.31. The maximum atomic E-state index is 11.8. The molecule has 1 saturated heterocycles. The third kappa shape index (κ3) is 2.85. The quantitative estimate of drug-likeness (QED) is 0.745. The fourth-order valence-corrected chi connectivity index (χ4v) is 2.24. The first-order valence-corrected chi connectivity index (χ1v) is 6.17. The summed E-state index contributed by atoms with van der Waals surface area (Å²) in [6, 6.07) is 1.44. The molecule has 0 radical (unpaired) electrons. The minimum Gasteiger partial charge on any atom is -0.303 e. The molecule has 0 atom stereocenters. The van der Waals surface area contributed by atoms with Crippen LogP contribution in [0.25, 0.3) is 0 Å². The van der Waals surface area contributed by atoms with E-state index in [1.807, 2.05) is 0 Å². The number of hydrogen-bond acceptors (Lipinski definition) is 3. The number of piperidine rings is 1. The Morgan fingerprint density at radius 3 is 2.53 bits per heavy atom. The molecule has 17 heavy (non-hydrogen) atoms. The predicted molar refractivity (Wildman–Crippen MR) is 66.2 cm³/mol. The minimum absolute atomic E-state index is 0.204. The smallest absolute Gasteiger partial charge is 0.303 e. The molecular weight excluding hydrogens is 218 g/mol. The zero-order chi connectivity index (χ0) is 12.3. The van der Waals surface area contributed by atoms with Gasteiger partial charge in [0.25, 0.3) is 5.56 Å². The second-order valence-corrected chi connectivity index (χ2v) is 4.60. The van der Waals surface area contributed by atoms with E-state index in [-0.39, 0.29) is 11.2 Å². The Morgan fingerprint density at radius 1 is 1.12 bits per heavy atom. The molecule has 0 amide bonds. The van der Waals surface area contributed by atoms with Crippen molar-refractivity contribution >= 4 is 0 Å². The Labute approximate surface area is 100 Å². The van der Waals surface area contributed by atoms with Gasteiger partial charge in [-0.15, -0.1) is 0 Å². The van der Waals surface area contributed by atoms with E-state index in [0.29, 0.717) is 6.54 Å². The molecule has 0 unspecified atom stereocenters. The highest BCUT2D eigenvalue weighted by Crippen LogP contribution is 2.07.